The van der Waals surface area contributed by atoms with Crippen LogP contribution < -0.4 is 10.6 Å². The molecule has 1 saturated heterocycles. The van der Waals surface area contributed by atoms with E-state index in [1.54, 1.807) is 6.33 Å². The summed E-state index contributed by atoms with van der Waals surface area (Å²) < 4.78 is 0. The van der Waals surface area contributed by atoms with Crippen molar-refractivity contribution < 1.29 is 0 Å². The number of nitrogens with one attached hydrogen (secondary N) is 2. The molecule has 1 unspecified atom stereocenters. The van der Waals surface area contributed by atoms with E-state index in [9.17, 15) is 0 Å². The molecule has 1 fully saturated rings. The van der Waals surface area contributed by atoms with Crippen LogP contribution in [-0.4, -0.2) is 53.3 Å². The Morgan fingerprint density at radius 1 is 1.47 bits per heavy atom. The highest BCUT2D eigenvalue weighted by molar-refractivity contribution is 7.80. The second-order valence-electron chi connectivity index (χ2n) is 4.33. The molecule has 6 heteroatoms. The first-order valence-corrected chi connectivity index (χ1v) is 6.53. The number of anilines is 2. The topological polar surface area (TPSA) is 53.1 Å². The van der Waals surface area contributed by atoms with Gasteiger partial charge < -0.3 is 15.5 Å². The minimum atomic E-state index is 0.493. The number of likely N-dealkylation sites (N-methyl/N-ethyl adjacent to an activating group) is 1. The van der Waals surface area contributed by atoms with Gasteiger partial charge in [0.2, 0.25) is 0 Å². The van der Waals surface area contributed by atoms with Gasteiger partial charge in [0.05, 0.1) is 0 Å². The normalized spacial score (nSPS) is 20.5. The van der Waals surface area contributed by atoms with E-state index in [2.05, 4.69) is 45.2 Å². The minimum absolute atomic E-state index is 0.493. The van der Waals surface area contributed by atoms with Gasteiger partial charge in [-0.25, -0.2) is 9.97 Å². The van der Waals surface area contributed by atoms with Crippen molar-refractivity contribution in [1.29, 1.82) is 0 Å². The number of likely N-dealkylation sites (tertiary alicyclic amines) is 1. The van der Waals surface area contributed by atoms with E-state index in [1.807, 2.05) is 6.07 Å². The Bertz CT molecular complexity index is 359. The molecule has 0 radical (unpaired) electrons. The molecular formula is C11H19N5S. The molecule has 0 aromatic carbocycles. The maximum absolute atomic E-state index is 4.24. The van der Waals surface area contributed by atoms with Gasteiger partial charge in [-0.05, 0) is 20.0 Å². The Kier molecular flexibility index (Phi) is 4.44. The van der Waals surface area contributed by atoms with E-state index in [0.717, 1.165) is 37.0 Å². The molecule has 0 bridgehead atoms. The van der Waals surface area contributed by atoms with Crippen LogP contribution in [-0.2, 0) is 0 Å². The number of hydrogen-bond acceptors (Lipinski definition) is 6. The van der Waals surface area contributed by atoms with Gasteiger partial charge in [-0.15, -0.1) is 0 Å². The van der Waals surface area contributed by atoms with Crippen LogP contribution in [0, 0.1) is 0 Å². The average Bonchev–Trinajstić information content (AvgIpc) is 2.73. The fourth-order valence-corrected chi connectivity index (χ4v) is 2.09. The zero-order chi connectivity index (χ0) is 12.1. The van der Waals surface area contributed by atoms with E-state index >= 15 is 0 Å². The highest BCUT2D eigenvalue weighted by atomic mass is 32.1. The molecule has 0 amide bonds. The van der Waals surface area contributed by atoms with Crippen LogP contribution in [0.4, 0.5) is 11.6 Å². The summed E-state index contributed by atoms with van der Waals surface area (Å²) in [6, 6.07) is 2.44. The van der Waals surface area contributed by atoms with Crippen molar-refractivity contribution in [2.75, 3.05) is 43.1 Å². The first-order chi connectivity index (χ1) is 8.28. The summed E-state index contributed by atoms with van der Waals surface area (Å²) in [4.78, 5) is 10.7. The Labute approximate surface area is 107 Å². The fourth-order valence-electron chi connectivity index (χ4n) is 1.98. The van der Waals surface area contributed by atoms with Gasteiger partial charge in [0.1, 0.15) is 18.0 Å². The lowest BCUT2D eigenvalue weighted by Gasteiger charge is -2.14. The lowest BCUT2D eigenvalue weighted by Crippen LogP contribution is -2.24. The van der Waals surface area contributed by atoms with E-state index < -0.39 is 0 Å². The van der Waals surface area contributed by atoms with Crippen molar-refractivity contribution in [2.24, 2.45) is 0 Å². The zero-order valence-electron chi connectivity index (χ0n) is 10.1. The van der Waals surface area contributed by atoms with Crippen LogP contribution in [0.15, 0.2) is 12.4 Å². The van der Waals surface area contributed by atoms with Crippen molar-refractivity contribution in [3.05, 3.63) is 12.4 Å². The molecule has 1 aromatic heterocycles. The van der Waals surface area contributed by atoms with Crippen LogP contribution in [0.2, 0.25) is 0 Å². The third kappa shape index (κ3) is 3.74. The third-order valence-corrected chi connectivity index (χ3v) is 3.05. The molecule has 1 atom stereocenters. The molecule has 2 N–H and O–H groups in total. The summed E-state index contributed by atoms with van der Waals surface area (Å²) in [7, 11) is 2.14. The Morgan fingerprint density at radius 2 is 2.29 bits per heavy atom. The molecule has 17 heavy (non-hydrogen) atoms. The van der Waals surface area contributed by atoms with Crippen molar-refractivity contribution >= 4 is 24.3 Å². The molecule has 0 saturated carbocycles. The largest absolute Gasteiger partial charge is 0.369 e. The maximum atomic E-state index is 4.24. The van der Waals surface area contributed by atoms with E-state index in [4.69, 9.17) is 0 Å². The highest BCUT2D eigenvalue weighted by Gasteiger charge is 2.19. The van der Waals surface area contributed by atoms with E-state index in [1.165, 1.54) is 6.42 Å². The summed E-state index contributed by atoms with van der Waals surface area (Å²) in [6.07, 6.45) is 2.75. The second-order valence-corrected chi connectivity index (χ2v) is 4.78. The predicted molar refractivity (Wildman–Crippen MR) is 73.9 cm³/mol. The standard InChI is InChI=1S/C11H19N5S/c1-16-4-2-9(7-16)15-11-6-10(12-3-5-17)13-8-14-11/h6,8-9,17H,2-5,7H2,1H3,(H2,12,13,14,15). The summed E-state index contributed by atoms with van der Waals surface area (Å²) in [5.74, 6) is 2.53. The molecular weight excluding hydrogens is 234 g/mol. The fraction of sp³-hybridized carbons (Fsp3) is 0.636. The molecule has 0 aliphatic carbocycles. The second kappa shape index (κ2) is 6.07. The molecule has 1 aromatic rings. The van der Waals surface area contributed by atoms with Gasteiger partial charge in [-0.1, -0.05) is 0 Å². The number of aromatic nitrogens is 2. The first-order valence-electron chi connectivity index (χ1n) is 5.90. The van der Waals surface area contributed by atoms with Crippen molar-refractivity contribution in [3.8, 4) is 0 Å². The van der Waals surface area contributed by atoms with Gasteiger partial charge in [-0.2, -0.15) is 12.6 Å². The van der Waals surface area contributed by atoms with E-state index in [-0.39, 0.29) is 0 Å². The Hall–Kier alpha value is -1.01. The number of rotatable bonds is 5. The summed E-state index contributed by atoms with van der Waals surface area (Å²) in [5, 5.41) is 6.63. The van der Waals surface area contributed by atoms with Crippen molar-refractivity contribution in [2.45, 2.75) is 12.5 Å². The highest BCUT2D eigenvalue weighted by Crippen LogP contribution is 2.14. The molecule has 2 heterocycles. The summed E-state index contributed by atoms with van der Waals surface area (Å²) in [5.41, 5.74) is 0. The number of nitrogens with zero attached hydrogens (tertiary/aromatic N) is 3. The molecule has 1 aliphatic rings. The Balaban J connectivity index is 1.91. The number of thiol groups is 1. The van der Waals surface area contributed by atoms with Crippen molar-refractivity contribution in [1.82, 2.24) is 14.9 Å². The average molecular weight is 253 g/mol. The van der Waals surface area contributed by atoms with Crippen LogP contribution in [0.5, 0.6) is 0 Å². The van der Waals surface area contributed by atoms with Crippen molar-refractivity contribution in [3.63, 3.8) is 0 Å². The molecule has 5 nitrogen and oxygen atoms in total. The molecule has 2 rings (SSSR count). The summed E-state index contributed by atoms with van der Waals surface area (Å²) >= 11 is 4.15. The predicted octanol–water partition coefficient (Wildman–Crippen LogP) is 0.934. The van der Waals surface area contributed by atoms with Gasteiger partial charge in [-0.3, -0.25) is 0 Å². The van der Waals surface area contributed by atoms with E-state index in [0.29, 0.717) is 6.04 Å². The van der Waals surface area contributed by atoms with Crippen LogP contribution in [0.1, 0.15) is 6.42 Å². The lowest BCUT2D eigenvalue weighted by molar-refractivity contribution is 0.414. The van der Waals surface area contributed by atoms with Gasteiger partial charge >= 0.3 is 0 Å². The zero-order valence-corrected chi connectivity index (χ0v) is 11.0. The van der Waals surface area contributed by atoms with Gasteiger partial charge in [0.15, 0.2) is 0 Å². The third-order valence-electron chi connectivity index (χ3n) is 2.83. The van der Waals surface area contributed by atoms with Crippen LogP contribution >= 0.6 is 12.6 Å². The van der Waals surface area contributed by atoms with Crippen LogP contribution in [0.25, 0.3) is 0 Å². The monoisotopic (exact) mass is 253 g/mol. The maximum Gasteiger partial charge on any atom is 0.131 e. The molecule has 1 aliphatic heterocycles. The van der Waals surface area contributed by atoms with Crippen LogP contribution in [0.3, 0.4) is 0 Å². The van der Waals surface area contributed by atoms with Gasteiger partial charge in [0, 0.05) is 31.0 Å². The lowest BCUT2D eigenvalue weighted by atomic mass is 10.2. The molecule has 94 valence electrons. The smallest absolute Gasteiger partial charge is 0.131 e. The first kappa shape index (κ1) is 12.4. The quantitative estimate of drug-likeness (QED) is 0.682. The Morgan fingerprint density at radius 3 is 3.00 bits per heavy atom. The minimum Gasteiger partial charge on any atom is -0.369 e. The summed E-state index contributed by atoms with van der Waals surface area (Å²) in [6.45, 7) is 3.03. The SMILES string of the molecule is CN1CCC(Nc2cc(NCCS)ncn2)C1. The number of hydrogen-bond donors (Lipinski definition) is 3. The van der Waals surface area contributed by atoms with Gasteiger partial charge in [0.25, 0.3) is 0 Å². The molecule has 0 spiro atoms.